The van der Waals surface area contributed by atoms with Crippen molar-refractivity contribution in [2.75, 3.05) is 13.7 Å². The molecular weight excluding hydrogens is 248 g/mol. The van der Waals surface area contributed by atoms with Gasteiger partial charge in [0.15, 0.2) is 0 Å². The van der Waals surface area contributed by atoms with Gasteiger partial charge >= 0.3 is 0 Å². The first kappa shape index (κ1) is 14.4. The minimum atomic E-state index is -0.402. The molecule has 1 saturated heterocycles. The molecule has 2 nitrogen and oxygen atoms in total. The van der Waals surface area contributed by atoms with Gasteiger partial charge in [-0.05, 0) is 63.4 Å². The van der Waals surface area contributed by atoms with Crippen molar-refractivity contribution < 1.29 is 13.5 Å². The molecule has 1 aliphatic heterocycles. The summed E-state index contributed by atoms with van der Waals surface area (Å²) in [4.78, 5) is 0. The summed E-state index contributed by atoms with van der Waals surface area (Å²) in [5.41, 5.74) is 0.0842. The molecule has 1 fully saturated rings. The number of likely N-dealkylation sites (N-methyl/N-ethyl adjacent to an activating group) is 1. The monoisotopic (exact) mass is 269 g/mol. The van der Waals surface area contributed by atoms with Crippen LogP contribution in [-0.2, 0) is 11.2 Å². The molecule has 1 aromatic rings. The molecule has 2 rings (SSSR count). The van der Waals surface area contributed by atoms with E-state index in [4.69, 9.17) is 4.74 Å². The Kier molecular flexibility index (Phi) is 4.53. The molecule has 0 radical (unpaired) electrons. The van der Waals surface area contributed by atoms with E-state index >= 15 is 0 Å². The fraction of sp³-hybridized carbons (Fsp3) is 0.600. The lowest BCUT2D eigenvalue weighted by molar-refractivity contribution is -0.0871. The predicted molar refractivity (Wildman–Crippen MR) is 71.1 cm³/mol. The quantitative estimate of drug-likeness (QED) is 0.907. The maximum absolute atomic E-state index is 13.7. The van der Waals surface area contributed by atoms with E-state index in [1.165, 1.54) is 12.1 Å². The van der Waals surface area contributed by atoms with Gasteiger partial charge in [0.25, 0.3) is 0 Å². The minimum absolute atomic E-state index is 0.0240. The minimum Gasteiger partial charge on any atom is -0.374 e. The Labute approximate surface area is 113 Å². The molecule has 4 heteroatoms. The zero-order valence-corrected chi connectivity index (χ0v) is 11.5. The third-order valence-corrected chi connectivity index (χ3v) is 4.02. The second-order valence-corrected chi connectivity index (χ2v) is 5.40. The molecule has 19 heavy (non-hydrogen) atoms. The summed E-state index contributed by atoms with van der Waals surface area (Å²) in [7, 11) is 1.84. The van der Waals surface area contributed by atoms with Crippen LogP contribution in [0.25, 0.3) is 0 Å². The van der Waals surface area contributed by atoms with Crippen LogP contribution in [-0.4, -0.2) is 25.3 Å². The van der Waals surface area contributed by atoms with Crippen molar-refractivity contribution in [1.29, 1.82) is 0 Å². The van der Waals surface area contributed by atoms with E-state index in [0.29, 0.717) is 12.0 Å². The van der Waals surface area contributed by atoms with Crippen molar-refractivity contribution in [3.8, 4) is 0 Å². The van der Waals surface area contributed by atoms with Crippen molar-refractivity contribution in [2.24, 2.45) is 0 Å². The van der Waals surface area contributed by atoms with Gasteiger partial charge in [0, 0.05) is 12.6 Å². The summed E-state index contributed by atoms with van der Waals surface area (Å²) in [5, 5.41) is 3.19. The fourth-order valence-corrected chi connectivity index (χ4v) is 2.77. The molecule has 1 aromatic carbocycles. The van der Waals surface area contributed by atoms with E-state index in [9.17, 15) is 8.78 Å². The highest BCUT2D eigenvalue weighted by atomic mass is 19.1. The Morgan fingerprint density at radius 1 is 1.37 bits per heavy atom. The number of nitrogens with one attached hydrogen (secondary N) is 1. The first-order valence-electron chi connectivity index (χ1n) is 6.80. The van der Waals surface area contributed by atoms with Crippen LogP contribution < -0.4 is 5.32 Å². The van der Waals surface area contributed by atoms with E-state index in [1.54, 1.807) is 0 Å². The van der Waals surface area contributed by atoms with Crippen LogP contribution in [0.2, 0.25) is 0 Å². The standard InChI is InChI=1S/C15H21F2NO/c1-15(7-3-4-8-19-15)14(18-2)10-11-9-12(16)5-6-13(11)17/h5-6,9,14,18H,3-4,7-8,10H2,1-2H3. The third-order valence-electron chi connectivity index (χ3n) is 4.02. The Morgan fingerprint density at radius 3 is 2.79 bits per heavy atom. The van der Waals surface area contributed by atoms with Gasteiger partial charge in [-0.3, -0.25) is 0 Å². The second-order valence-electron chi connectivity index (χ2n) is 5.40. The summed E-state index contributed by atoms with van der Waals surface area (Å²) in [6.45, 7) is 2.78. The second kappa shape index (κ2) is 5.97. The summed E-state index contributed by atoms with van der Waals surface area (Å²) in [5.74, 6) is -0.762. The molecule has 2 unspecified atom stereocenters. The van der Waals surface area contributed by atoms with Crippen LogP contribution in [0, 0.1) is 11.6 Å². The molecule has 1 N–H and O–H groups in total. The third kappa shape index (κ3) is 3.31. The molecule has 0 amide bonds. The van der Waals surface area contributed by atoms with E-state index < -0.39 is 5.82 Å². The Morgan fingerprint density at radius 2 is 2.16 bits per heavy atom. The maximum atomic E-state index is 13.7. The zero-order chi connectivity index (χ0) is 13.9. The highest BCUT2D eigenvalue weighted by Gasteiger charge is 2.36. The molecule has 1 aliphatic rings. The number of benzene rings is 1. The number of hydrogen-bond acceptors (Lipinski definition) is 2. The smallest absolute Gasteiger partial charge is 0.126 e. The summed E-state index contributed by atoms with van der Waals surface area (Å²) in [6.07, 6.45) is 3.55. The van der Waals surface area contributed by atoms with E-state index in [-0.39, 0.29) is 17.5 Å². The molecule has 0 spiro atoms. The predicted octanol–water partition coefficient (Wildman–Crippen LogP) is 3.05. The molecule has 2 atom stereocenters. The highest BCUT2D eigenvalue weighted by Crippen LogP contribution is 2.30. The normalized spacial score (nSPS) is 25.3. The molecule has 0 bridgehead atoms. The highest BCUT2D eigenvalue weighted by molar-refractivity contribution is 5.20. The number of hydrogen-bond donors (Lipinski definition) is 1. The average Bonchev–Trinajstić information content (AvgIpc) is 2.40. The Bertz CT molecular complexity index is 430. The lowest BCUT2D eigenvalue weighted by atomic mass is 9.84. The van der Waals surface area contributed by atoms with Crippen LogP contribution >= 0.6 is 0 Å². The molecule has 0 aromatic heterocycles. The van der Waals surface area contributed by atoms with Gasteiger partial charge in [-0.2, -0.15) is 0 Å². The van der Waals surface area contributed by atoms with Gasteiger partial charge in [-0.25, -0.2) is 8.78 Å². The van der Waals surface area contributed by atoms with Crippen molar-refractivity contribution in [1.82, 2.24) is 5.32 Å². The first-order valence-corrected chi connectivity index (χ1v) is 6.80. The first-order chi connectivity index (χ1) is 9.05. The van der Waals surface area contributed by atoms with Gasteiger partial charge in [0.05, 0.1) is 5.60 Å². The van der Waals surface area contributed by atoms with Crippen LogP contribution in [0.5, 0.6) is 0 Å². The molecular formula is C15H21F2NO. The number of halogens is 2. The van der Waals surface area contributed by atoms with E-state index in [1.807, 2.05) is 14.0 Å². The fourth-order valence-electron chi connectivity index (χ4n) is 2.77. The van der Waals surface area contributed by atoms with Crippen molar-refractivity contribution in [2.45, 2.75) is 44.2 Å². The lowest BCUT2D eigenvalue weighted by Crippen LogP contribution is -2.52. The van der Waals surface area contributed by atoms with Gasteiger partial charge in [-0.1, -0.05) is 0 Å². The van der Waals surface area contributed by atoms with Crippen LogP contribution in [0.4, 0.5) is 8.78 Å². The van der Waals surface area contributed by atoms with Gasteiger partial charge in [0.1, 0.15) is 11.6 Å². The SMILES string of the molecule is CNC(Cc1cc(F)ccc1F)C1(C)CCCCO1. The van der Waals surface area contributed by atoms with Crippen LogP contribution in [0.1, 0.15) is 31.7 Å². The molecule has 0 aliphatic carbocycles. The molecule has 106 valence electrons. The van der Waals surface area contributed by atoms with E-state index in [0.717, 1.165) is 31.9 Å². The topological polar surface area (TPSA) is 21.3 Å². The maximum Gasteiger partial charge on any atom is 0.126 e. The van der Waals surface area contributed by atoms with Gasteiger partial charge in [0.2, 0.25) is 0 Å². The van der Waals surface area contributed by atoms with Crippen LogP contribution in [0.3, 0.4) is 0 Å². The summed E-state index contributed by atoms with van der Waals surface area (Å²) < 4.78 is 32.8. The zero-order valence-electron chi connectivity index (χ0n) is 11.5. The van der Waals surface area contributed by atoms with Gasteiger partial charge < -0.3 is 10.1 Å². The molecule has 1 heterocycles. The van der Waals surface area contributed by atoms with Crippen molar-refractivity contribution in [3.05, 3.63) is 35.4 Å². The summed E-state index contributed by atoms with van der Waals surface area (Å²) in [6, 6.07) is 3.57. The average molecular weight is 269 g/mol. The largest absolute Gasteiger partial charge is 0.374 e. The van der Waals surface area contributed by atoms with E-state index in [2.05, 4.69) is 5.32 Å². The number of ether oxygens (including phenoxy) is 1. The van der Waals surface area contributed by atoms with Crippen molar-refractivity contribution in [3.63, 3.8) is 0 Å². The Balaban J connectivity index is 2.16. The Hall–Kier alpha value is -1.00. The van der Waals surface area contributed by atoms with Crippen molar-refractivity contribution >= 4 is 0 Å². The number of rotatable bonds is 4. The molecule has 0 saturated carbocycles. The van der Waals surface area contributed by atoms with Gasteiger partial charge in [-0.15, -0.1) is 0 Å². The lowest BCUT2D eigenvalue weighted by Gasteiger charge is -2.40. The van der Waals surface area contributed by atoms with Crippen LogP contribution in [0.15, 0.2) is 18.2 Å². The summed E-state index contributed by atoms with van der Waals surface area (Å²) >= 11 is 0.